The monoisotopic (exact) mass is 498 g/mol. The van der Waals surface area contributed by atoms with Gasteiger partial charge in [0.2, 0.25) is 0 Å². The molecule has 1 aromatic carbocycles. The Kier molecular flexibility index (Phi) is 6.48. The zero-order chi connectivity index (χ0) is 24.5. The van der Waals surface area contributed by atoms with E-state index in [1.807, 2.05) is 6.07 Å². The lowest BCUT2D eigenvalue weighted by molar-refractivity contribution is -0.130. The normalized spacial score (nSPS) is 16.8. The molecule has 3 aromatic rings. The van der Waals surface area contributed by atoms with E-state index in [0.717, 1.165) is 42.8 Å². The molecule has 0 saturated heterocycles. The number of likely N-dealkylation sites (N-methyl/N-ethyl adjacent to an activating group) is 1. The summed E-state index contributed by atoms with van der Waals surface area (Å²) in [6.07, 6.45) is 6.48. The lowest BCUT2D eigenvalue weighted by Crippen LogP contribution is -2.35. The largest absolute Gasteiger partial charge is 0.482 e. The maximum Gasteiger partial charge on any atom is 0.272 e. The van der Waals surface area contributed by atoms with Crippen LogP contribution in [0, 0.1) is 0 Å². The number of hydrogen-bond acceptors (Lipinski definition) is 6. The molecule has 0 spiro atoms. The van der Waals surface area contributed by atoms with Crippen LogP contribution >= 0.6 is 11.6 Å². The van der Waals surface area contributed by atoms with Gasteiger partial charge in [-0.2, -0.15) is 5.10 Å². The second kappa shape index (κ2) is 9.71. The van der Waals surface area contributed by atoms with E-state index in [2.05, 4.69) is 20.0 Å². The fourth-order valence-electron chi connectivity index (χ4n) is 4.41. The standard InChI is InChI=1S/C24H27ClN6O4/c1-29(2)21(32)13-35-20-8-5-7-17(22(20)25)31-19-12-34-11-16(15(19)10-27-31)28-24(33)23-18-6-3-4-9-30(18)14-26-23/h5,7-8,10,14,16H,3-4,6,9,11-13H2,1-2H3,(H,28,33)/t16-/m0/s1. The fourth-order valence-corrected chi connectivity index (χ4v) is 4.67. The van der Waals surface area contributed by atoms with Gasteiger partial charge in [0.1, 0.15) is 16.5 Å². The first-order valence-electron chi connectivity index (χ1n) is 11.5. The smallest absolute Gasteiger partial charge is 0.272 e. The molecule has 2 aromatic heterocycles. The van der Waals surface area contributed by atoms with E-state index < -0.39 is 0 Å². The third-order valence-electron chi connectivity index (χ3n) is 6.35. The highest BCUT2D eigenvalue weighted by molar-refractivity contribution is 6.33. The Morgan fingerprint density at radius 2 is 2.14 bits per heavy atom. The molecule has 0 bridgehead atoms. The van der Waals surface area contributed by atoms with Gasteiger partial charge in [0.25, 0.3) is 11.8 Å². The lowest BCUT2D eigenvalue weighted by atomic mass is 10.0. The maximum atomic E-state index is 13.1. The number of halogens is 1. The molecule has 0 radical (unpaired) electrons. The van der Waals surface area contributed by atoms with Gasteiger partial charge < -0.3 is 24.3 Å². The van der Waals surface area contributed by atoms with Crippen molar-refractivity contribution in [2.45, 2.75) is 38.5 Å². The maximum absolute atomic E-state index is 13.1. The molecule has 35 heavy (non-hydrogen) atoms. The molecule has 2 aliphatic rings. The minimum Gasteiger partial charge on any atom is -0.482 e. The molecule has 4 heterocycles. The second-order valence-electron chi connectivity index (χ2n) is 8.86. The molecule has 10 nitrogen and oxygen atoms in total. The van der Waals surface area contributed by atoms with Crippen molar-refractivity contribution in [1.29, 1.82) is 0 Å². The first-order valence-corrected chi connectivity index (χ1v) is 11.9. The SMILES string of the molecule is CN(C)C(=O)COc1cccc(-n2ncc3c2COC[C@@H]3NC(=O)c2ncn3c2CCCC3)c1Cl. The van der Waals surface area contributed by atoms with Crippen LogP contribution in [0.25, 0.3) is 5.69 Å². The van der Waals surface area contributed by atoms with Gasteiger partial charge in [-0.3, -0.25) is 9.59 Å². The van der Waals surface area contributed by atoms with Crippen LogP contribution in [0.2, 0.25) is 5.02 Å². The molecular formula is C24H27ClN6O4. The van der Waals surface area contributed by atoms with Crippen molar-refractivity contribution in [2.24, 2.45) is 0 Å². The Morgan fingerprint density at radius 1 is 1.29 bits per heavy atom. The molecule has 0 unspecified atom stereocenters. The van der Waals surface area contributed by atoms with Gasteiger partial charge in [-0.15, -0.1) is 0 Å². The van der Waals surface area contributed by atoms with Gasteiger partial charge in [0, 0.05) is 26.2 Å². The zero-order valence-electron chi connectivity index (χ0n) is 19.7. The van der Waals surface area contributed by atoms with Crippen LogP contribution in [0.3, 0.4) is 0 Å². The van der Waals surface area contributed by atoms with Crippen LogP contribution in [-0.4, -0.2) is 63.4 Å². The van der Waals surface area contributed by atoms with Gasteiger partial charge in [0.05, 0.1) is 48.9 Å². The number of aromatic nitrogens is 4. The molecule has 1 atom stereocenters. The molecular weight excluding hydrogens is 472 g/mol. The number of carbonyl (C=O) groups is 2. The number of hydrogen-bond donors (Lipinski definition) is 1. The highest BCUT2D eigenvalue weighted by Crippen LogP contribution is 2.34. The van der Waals surface area contributed by atoms with Crippen LogP contribution in [0.5, 0.6) is 5.75 Å². The first-order chi connectivity index (χ1) is 16.9. The summed E-state index contributed by atoms with van der Waals surface area (Å²) >= 11 is 6.63. The van der Waals surface area contributed by atoms with E-state index in [4.69, 9.17) is 21.1 Å². The number of fused-ring (bicyclic) bond motifs is 2. The number of carbonyl (C=O) groups excluding carboxylic acids is 2. The van der Waals surface area contributed by atoms with Crippen LogP contribution < -0.4 is 10.1 Å². The van der Waals surface area contributed by atoms with E-state index in [1.165, 1.54) is 4.90 Å². The molecule has 0 saturated carbocycles. The summed E-state index contributed by atoms with van der Waals surface area (Å²) in [4.78, 5) is 30.8. The van der Waals surface area contributed by atoms with Gasteiger partial charge in [0.15, 0.2) is 6.61 Å². The van der Waals surface area contributed by atoms with Crippen molar-refractivity contribution in [3.05, 3.63) is 58.4 Å². The van der Waals surface area contributed by atoms with Crippen LogP contribution in [0.4, 0.5) is 0 Å². The summed E-state index contributed by atoms with van der Waals surface area (Å²) in [5.41, 5.74) is 3.71. The highest BCUT2D eigenvalue weighted by atomic mass is 35.5. The molecule has 2 aliphatic heterocycles. The van der Waals surface area contributed by atoms with Crippen molar-refractivity contribution in [3.8, 4) is 11.4 Å². The number of nitrogens with zero attached hydrogens (tertiary/aromatic N) is 5. The van der Waals surface area contributed by atoms with Gasteiger partial charge in [-0.1, -0.05) is 17.7 Å². The van der Waals surface area contributed by atoms with Crippen LogP contribution in [0.1, 0.15) is 46.3 Å². The first kappa shape index (κ1) is 23.4. The summed E-state index contributed by atoms with van der Waals surface area (Å²) in [7, 11) is 3.33. The molecule has 11 heteroatoms. The quantitative estimate of drug-likeness (QED) is 0.560. The molecule has 5 rings (SSSR count). The van der Waals surface area contributed by atoms with Gasteiger partial charge in [-0.05, 0) is 31.4 Å². The number of aryl methyl sites for hydroxylation is 1. The predicted octanol–water partition coefficient (Wildman–Crippen LogP) is 2.53. The van der Waals surface area contributed by atoms with Crippen molar-refractivity contribution < 1.29 is 19.1 Å². The Labute approximate surface area is 207 Å². The van der Waals surface area contributed by atoms with E-state index in [1.54, 1.807) is 43.4 Å². The minimum atomic E-state index is -0.364. The molecule has 0 fully saturated rings. The Bertz CT molecular complexity index is 1270. The van der Waals surface area contributed by atoms with Crippen molar-refractivity contribution in [1.82, 2.24) is 29.5 Å². The Hall–Kier alpha value is -3.37. The van der Waals surface area contributed by atoms with E-state index >= 15 is 0 Å². The van der Waals surface area contributed by atoms with E-state index in [-0.39, 0.29) is 24.5 Å². The molecule has 1 N–H and O–H groups in total. The minimum absolute atomic E-state index is 0.123. The fraction of sp³-hybridized carbons (Fsp3) is 0.417. The van der Waals surface area contributed by atoms with Crippen molar-refractivity contribution in [3.63, 3.8) is 0 Å². The zero-order valence-corrected chi connectivity index (χ0v) is 20.4. The van der Waals surface area contributed by atoms with Crippen LogP contribution in [-0.2, 0) is 29.1 Å². The van der Waals surface area contributed by atoms with Crippen molar-refractivity contribution in [2.75, 3.05) is 27.3 Å². The Balaban J connectivity index is 1.37. The summed E-state index contributed by atoms with van der Waals surface area (Å²) in [5, 5.41) is 7.94. The average Bonchev–Trinajstić information content (AvgIpc) is 3.48. The number of ether oxygens (including phenoxy) is 2. The molecule has 184 valence electrons. The van der Waals surface area contributed by atoms with Gasteiger partial charge in [-0.25, -0.2) is 9.67 Å². The molecule has 2 amide bonds. The third kappa shape index (κ3) is 4.51. The molecule has 0 aliphatic carbocycles. The highest BCUT2D eigenvalue weighted by Gasteiger charge is 2.30. The summed E-state index contributed by atoms with van der Waals surface area (Å²) in [6.45, 7) is 1.43. The number of benzene rings is 1. The number of amides is 2. The average molecular weight is 499 g/mol. The second-order valence-corrected chi connectivity index (χ2v) is 9.23. The van der Waals surface area contributed by atoms with E-state index in [9.17, 15) is 9.59 Å². The van der Waals surface area contributed by atoms with Gasteiger partial charge >= 0.3 is 0 Å². The number of rotatable bonds is 6. The van der Waals surface area contributed by atoms with Crippen molar-refractivity contribution >= 4 is 23.4 Å². The number of nitrogens with one attached hydrogen (secondary N) is 1. The topological polar surface area (TPSA) is 104 Å². The Morgan fingerprint density at radius 3 is 2.97 bits per heavy atom. The van der Waals surface area contributed by atoms with E-state index in [0.29, 0.717) is 35.4 Å². The van der Waals surface area contributed by atoms with Crippen LogP contribution in [0.15, 0.2) is 30.7 Å². The summed E-state index contributed by atoms with van der Waals surface area (Å²) in [6, 6.07) is 4.94. The lowest BCUT2D eigenvalue weighted by Gasteiger charge is -2.25. The number of imidazole rings is 1. The third-order valence-corrected chi connectivity index (χ3v) is 6.73. The predicted molar refractivity (Wildman–Crippen MR) is 128 cm³/mol. The summed E-state index contributed by atoms with van der Waals surface area (Å²) in [5.74, 6) is -0.00232. The summed E-state index contributed by atoms with van der Waals surface area (Å²) < 4.78 is 15.2.